The fourth-order valence-electron chi connectivity index (χ4n) is 3.29. The van der Waals surface area contributed by atoms with Crippen molar-refractivity contribution in [3.8, 4) is 11.8 Å². The second-order valence-corrected chi connectivity index (χ2v) is 8.90. The monoisotopic (exact) mass is 571 g/mol. The average molecular weight is 572 g/mol. The Morgan fingerprint density at radius 1 is 1.05 bits per heavy atom. The Kier molecular flexibility index (Phi) is 8.73. The number of anilines is 2. The highest BCUT2D eigenvalue weighted by Crippen LogP contribution is 2.31. The Morgan fingerprint density at radius 2 is 1.81 bits per heavy atom. The second-order valence-electron chi connectivity index (χ2n) is 8.05. The van der Waals surface area contributed by atoms with Crippen molar-refractivity contribution >= 4 is 45.2 Å². The van der Waals surface area contributed by atoms with Crippen LogP contribution in [-0.2, 0) is 15.8 Å². The minimum atomic E-state index is -4.56. The number of nitrogens with one attached hydrogen (secondary N) is 2. The number of ether oxygens (including phenoxy) is 1. The number of benzene rings is 3. The summed E-state index contributed by atoms with van der Waals surface area (Å²) in [5, 5.41) is 14.5. The van der Waals surface area contributed by atoms with E-state index >= 15 is 0 Å². The summed E-state index contributed by atoms with van der Waals surface area (Å²) in [6, 6.07) is 16.2. The van der Waals surface area contributed by atoms with E-state index in [4.69, 9.17) is 4.74 Å². The number of rotatable bonds is 7. The van der Waals surface area contributed by atoms with E-state index in [1.54, 1.807) is 24.3 Å². The van der Waals surface area contributed by atoms with Crippen LogP contribution in [0, 0.1) is 25.2 Å². The molecule has 6 nitrogen and oxygen atoms in total. The fourth-order valence-corrected chi connectivity index (χ4v) is 3.81. The number of hydrogen-bond acceptors (Lipinski definition) is 4. The lowest BCUT2D eigenvalue weighted by molar-refractivity contribution is -0.137. The summed E-state index contributed by atoms with van der Waals surface area (Å²) < 4.78 is 44.7. The summed E-state index contributed by atoms with van der Waals surface area (Å²) in [6.45, 7) is 3.60. The van der Waals surface area contributed by atoms with E-state index in [-0.39, 0.29) is 23.8 Å². The Morgan fingerprint density at radius 3 is 2.46 bits per heavy atom. The van der Waals surface area contributed by atoms with Crippen LogP contribution in [0.1, 0.15) is 22.3 Å². The van der Waals surface area contributed by atoms with Gasteiger partial charge in [0.25, 0.3) is 11.8 Å². The predicted octanol–water partition coefficient (Wildman–Crippen LogP) is 6.65. The van der Waals surface area contributed by atoms with Crippen molar-refractivity contribution < 1.29 is 27.5 Å². The van der Waals surface area contributed by atoms with Crippen LogP contribution in [0.4, 0.5) is 24.5 Å². The Balaban J connectivity index is 1.65. The highest BCUT2D eigenvalue weighted by Gasteiger charge is 2.30. The lowest BCUT2D eigenvalue weighted by Gasteiger charge is -2.11. The normalized spacial score (nSPS) is 11.4. The molecular weight excluding hydrogens is 551 g/mol. The molecule has 2 amide bonds. The van der Waals surface area contributed by atoms with Crippen molar-refractivity contribution in [1.82, 2.24) is 0 Å². The topological polar surface area (TPSA) is 91.2 Å². The molecule has 0 aliphatic rings. The summed E-state index contributed by atoms with van der Waals surface area (Å²) in [7, 11) is 0. The standard InChI is InChI=1S/C27H21BrF3N3O3/c1-16-6-8-23(17(2)10-16)34-25(35)15-37-24-9-7-18(12-22(24)28)11-19(14-32)26(36)33-21-5-3-4-20(13-21)27(29,30)31/h3-13H,15H2,1-2H3,(H,33,36)(H,34,35)/b19-11+. The highest BCUT2D eigenvalue weighted by molar-refractivity contribution is 9.10. The zero-order valence-corrected chi connectivity index (χ0v) is 21.3. The van der Waals surface area contributed by atoms with Gasteiger partial charge in [0.15, 0.2) is 6.61 Å². The Hall–Kier alpha value is -4.10. The van der Waals surface area contributed by atoms with Gasteiger partial charge < -0.3 is 15.4 Å². The number of nitrogens with zero attached hydrogens (tertiary/aromatic N) is 1. The Labute approximate surface area is 219 Å². The number of hydrogen-bond donors (Lipinski definition) is 2. The molecule has 0 atom stereocenters. The van der Waals surface area contributed by atoms with Crippen molar-refractivity contribution in [3.63, 3.8) is 0 Å². The number of halogens is 4. The molecule has 0 aromatic heterocycles. The van der Waals surface area contributed by atoms with Gasteiger partial charge in [0.2, 0.25) is 0 Å². The van der Waals surface area contributed by atoms with E-state index in [1.807, 2.05) is 32.0 Å². The van der Waals surface area contributed by atoms with Gasteiger partial charge in [0, 0.05) is 11.4 Å². The quantitative estimate of drug-likeness (QED) is 0.245. The zero-order chi connectivity index (χ0) is 27.2. The van der Waals surface area contributed by atoms with Gasteiger partial charge in [-0.05, 0) is 83.4 Å². The maximum absolute atomic E-state index is 12.9. The molecule has 10 heteroatoms. The van der Waals surface area contributed by atoms with Crippen molar-refractivity contribution in [2.75, 3.05) is 17.2 Å². The van der Waals surface area contributed by atoms with Gasteiger partial charge >= 0.3 is 6.18 Å². The van der Waals surface area contributed by atoms with Gasteiger partial charge in [-0.3, -0.25) is 9.59 Å². The molecule has 0 saturated carbocycles. The van der Waals surface area contributed by atoms with E-state index in [0.717, 1.165) is 29.3 Å². The molecule has 0 bridgehead atoms. The van der Waals surface area contributed by atoms with Gasteiger partial charge in [-0.2, -0.15) is 18.4 Å². The van der Waals surface area contributed by atoms with Crippen LogP contribution in [0.25, 0.3) is 6.08 Å². The molecule has 0 spiro atoms. The van der Waals surface area contributed by atoms with Crippen molar-refractivity contribution in [1.29, 1.82) is 5.26 Å². The maximum Gasteiger partial charge on any atom is 0.416 e. The minimum absolute atomic E-state index is 0.0926. The molecule has 0 radical (unpaired) electrons. The molecular formula is C27H21BrF3N3O3. The van der Waals surface area contributed by atoms with Crippen LogP contribution in [0.15, 0.2) is 70.7 Å². The van der Waals surface area contributed by atoms with Crippen molar-refractivity contribution in [2.45, 2.75) is 20.0 Å². The summed E-state index contributed by atoms with van der Waals surface area (Å²) in [6.07, 6.45) is -3.28. The SMILES string of the molecule is Cc1ccc(NC(=O)COc2ccc(/C=C(\C#N)C(=O)Nc3cccc(C(F)(F)F)c3)cc2Br)c(C)c1. The van der Waals surface area contributed by atoms with Crippen molar-refractivity contribution in [3.05, 3.63) is 93.0 Å². The van der Waals surface area contributed by atoms with Crippen LogP contribution < -0.4 is 15.4 Å². The molecule has 3 rings (SSSR count). The first-order chi connectivity index (χ1) is 17.5. The van der Waals surface area contributed by atoms with Crippen LogP contribution >= 0.6 is 15.9 Å². The van der Waals surface area contributed by atoms with Crippen LogP contribution in [-0.4, -0.2) is 18.4 Å². The minimum Gasteiger partial charge on any atom is -0.483 e. The third-order valence-corrected chi connectivity index (χ3v) is 5.71. The number of amides is 2. The molecule has 0 heterocycles. The van der Waals surface area contributed by atoms with Crippen LogP contribution in [0.5, 0.6) is 5.75 Å². The molecule has 190 valence electrons. The van der Waals surface area contributed by atoms with E-state index in [2.05, 4.69) is 26.6 Å². The molecule has 0 aliphatic heterocycles. The van der Waals surface area contributed by atoms with Gasteiger partial charge in [0.05, 0.1) is 10.0 Å². The fraction of sp³-hybridized carbons (Fsp3) is 0.148. The molecule has 0 aliphatic carbocycles. The van der Waals surface area contributed by atoms with Crippen LogP contribution in [0.3, 0.4) is 0 Å². The zero-order valence-electron chi connectivity index (χ0n) is 19.7. The molecule has 37 heavy (non-hydrogen) atoms. The first-order valence-corrected chi connectivity index (χ1v) is 11.7. The predicted molar refractivity (Wildman–Crippen MR) is 138 cm³/mol. The maximum atomic E-state index is 12.9. The number of carbonyl (C=O) groups is 2. The number of carbonyl (C=O) groups excluding carboxylic acids is 2. The van der Waals surface area contributed by atoms with E-state index in [1.165, 1.54) is 12.1 Å². The largest absolute Gasteiger partial charge is 0.483 e. The molecule has 3 aromatic carbocycles. The molecule has 0 saturated heterocycles. The third-order valence-electron chi connectivity index (χ3n) is 5.09. The summed E-state index contributed by atoms with van der Waals surface area (Å²) in [5.41, 5.74) is 1.82. The van der Waals surface area contributed by atoms with Crippen LogP contribution in [0.2, 0.25) is 0 Å². The molecule has 2 N–H and O–H groups in total. The molecule has 3 aromatic rings. The summed E-state index contributed by atoms with van der Waals surface area (Å²) in [4.78, 5) is 24.7. The van der Waals surface area contributed by atoms with E-state index in [0.29, 0.717) is 21.5 Å². The average Bonchev–Trinajstić information content (AvgIpc) is 2.83. The van der Waals surface area contributed by atoms with Gasteiger partial charge in [0.1, 0.15) is 17.4 Å². The number of alkyl halides is 3. The highest BCUT2D eigenvalue weighted by atomic mass is 79.9. The van der Waals surface area contributed by atoms with Gasteiger partial charge in [-0.15, -0.1) is 0 Å². The lowest BCUT2D eigenvalue weighted by atomic mass is 10.1. The first kappa shape index (κ1) is 27.5. The third kappa shape index (κ3) is 7.69. The first-order valence-electron chi connectivity index (χ1n) is 10.9. The number of nitriles is 1. The van der Waals surface area contributed by atoms with Gasteiger partial charge in [-0.25, -0.2) is 0 Å². The number of aryl methyl sites for hydroxylation is 2. The summed E-state index contributed by atoms with van der Waals surface area (Å²) in [5.74, 6) is -0.845. The van der Waals surface area contributed by atoms with Crippen molar-refractivity contribution in [2.24, 2.45) is 0 Å². The van der Waals surface area contributed by atoms with E-state index in [9.17, 15) is 28.0 Å². The summed E-state index contributed by atoms with van der Waals surface area (Å²) >= 11 is 3.34. The molecule has 0 fully saturated rings. The smallest absolute Gasteiger partial charge is 0.416 e. The van der Waals surface area contributed by atoms with E-state index < -0.39 is 17.6 Å². The molecule has 0 unspecified atom stereocenters. The lowest BCUT2D eigenvalue weighted by Crippen LogP contribution is -2.20. The Bertz CT molecular complexity index is 1410. The second kappa shape index (κ2) is 11.8. The van der Waals surface area contributed by atoms with Gasteiger partial charge in [-0.1, -0.05) is 29.8 Å².